The van der Waals surface area contributed by atoms with E-state index < -0.39 is 0 Å². The van der Waals surface area contributed by atoms with Crippen LogP contribution >= 0.6 is 0 Å². The largest absolute Gasteiger partial charge is 0.496 e. The lowest BCUT2D eigenvalue weighted by atomic mass is 9.88. The van der Waals surface area contributed by atoms with Crippen LogP contribution in [-0.2, 0) is 6.42 Å². The van der Waals surface area contributed by atoms with Crippen molar-refractivity contribution < 1.29 is 4.74 Å². The summed E-state index contributed by atoms with van der Waals surface area (Å²) < 4.78 is 5.49. The lowest BCUT2D eigenvalue weighted by Gasteiger charge is -2.26. The van der Waals surface area contributed by atoms with Crippen molar-refractivity contribution in [1.29, 1.82) is 0 Å². The lowest BCUT2D eigenvalue weighted by molar-refractivity contribution is 0.331. The highest BCUT2D eigenvalue weighted by Gasteiger charge is 2.23. The van der Waals surface area contributed by atoms with Crippen LogP contribution in [0.3, 0.4) is 0 Å². The van der Waals surface area contributed by atoms with Gasteiger partial charge in [0.1, 0.15) is 5.75 Å². The van der Waals surface area contributed by atoms with E-state index in [0.29, 0.717) is 6.04 Å². The van der Waals surface area contributed by atoms with Gasteiger partial charge in [-0.1, -0.05) is 44.4 Å². The van der Waals surface area contributed by atoms with Crippen LogP contribution in [-0.4, -0.2) is 19.7 Å². The number of ether oxygens (including phenoxy) is 1. The predicted molar refractivity (Wildman–Crippen MR) is 80.7 cm³/mol. The standard InChI is InChI=1S/C17H27NO/c1-3-18-16-11-6-4-5-9-14(16)13-15-10-7-8-12-17(15)19-2/h7-8,10,12,14,16,18H,3-6,9,11,13H2,1-2H3. The van der Waals surface area contributed by atoms with Crippen LogP contribution in [0.1, 0.15) is 44.6 Å². The molecule has 0 radical (unpaired) electrons. The van der Waals surface area contributed by atoms with Gasteiger partial charge in [-0.2, -0.15) is 0 Å². The maximum Gasteiger partial charge on any atom is 0.122 e. The Kier molecular flexibility index (Phi) is 5.71. The molecule has 0 bridgehead atoms. The molecule has 1 aliphatic carbocycles. The summed E-state index contributed by atoms with van der Waals surface area (Å²) in [6.45, 7) is 3.29. The van der Waals surface area contributed by atoms with Gasteiger partial charge >= 0.3 is 0 Å². The molecule has 1 fully saturated rings. The van der Waals surface area contributed by atoms with Crippen molar-refractivity contribution in [3.63, 3.8) is 0 Å². The van der Waals surface area contributed by atoms with Crippen LogP contribution in [0.2, 0.25) is 0 Å². The molecule has 19 heavy (non-hydrogen) atoms. The molecule has 0 amide bonds. The molecule has 1 N–H and O–H groups in total. The average molecular weight is 261 g/mol. The number of hydrogen-bond acceptors (Lipinski definition) is 2. The van der Waals surface area contributed by atoms with Gasteiger partial charge in [-0.05, 0) is 43.4 Å². The van der Waals surface area contributed by atoms with E-state index in [0.717, 1.165) is 24.6 Å². The van der Waals surface area contributed by atoms with E-state index in [1.807, 2.05) is 0 Å². The summed E-state index contributed by atoms with van der Waals surface area (Å²) in [5.74, 6) is 1.79. The van der Waals surface area contributed by atoms with Crippen molar-refractivity contribution >= 4 is 0 Å². The van der Waals surface area contributed by atoms with Crippen molar-refractivity contribution in [1.82, 2.24) is 5.32 Å². The van der Waals surface area contributed by atoms with Crippen LogP contribution in [0, 0.1) is 5.92 Å². The number of para-hydroxylation sites is 1. The number of methoxy groups -OCH3 is 1. The van der Waals surface area contributed by atoms with E-state index in [9.17, 15) is 0 Å². The molecule has 2 rings (SSSR count). The molecule has 1 aromatic rings. The first-order chi connectivity index (χ1) is 9.35. The average Bonchev–Trinajstić information content (AvgIpc) is 2.66. The predicted octanol–water partition coefficient (Wildman–Crippen LogP) is 3.80. The SMILES string of the molecule is CCNC1CCCCCC1Cc1ccccc1OC. The van der Waals surface area contributed by atoms with Gasteiger partial charge in [0.15, 0.2) is 0 Å². The van der Waals surface area contributed by atoms with Crippen molar-refractivity contribution in [3.8, 4) is 5.75 Å². The van der Waals surface area contributed by atoms with Crippen molar-refractivity contribution in [2.24, 2.45) is 5.92 Å². The van der Waals surface area contributed by atoms with Crippen LogP contribution in [0.15, 0.2) is 24.3 Å². The Morgan fingerprint density at radius 3 is 2.74 bits per heavy atom. The molecule has 2 heteroatoms. The molecule has 1 aromatic carbocycles. The maximum absolute atomic E-state index is 5.49. The molecule has 1 aliphatic rings. The lowest BCUT2D eigenvalue weighted by Crippen LogP contribution is -2.36. The minimum absolute atomic E-state index is 0.678. The van der Waals surface area contributed by atoms with Gasteiger partial charge in [0.05, 0.1) is 7.11 Å². The number of benzene rings is 1. The van der Waals surface area contributed by atoms with E-state index >= 15 is 0 Å². The van der Waals surface area contributed by atoms with Gasteiger partial charge in [-0.25, -0.2) is 0 Å². The molecule has 106 valence electrons. The summed E-state index contributed by atoms with van der Waals surface area (Å²) in [5, 5.41) is 3.69. The van der Waals surface area contributed by atoms with Crippen molar-refractivity contribution in [2.75, 3.05) is 13.7 Å². The van der Waals surface area contributed by atoms with Crippen LogP contribution in [0.5, 0.6) is 5.75 Å². The first-order valence-electron chi connectivity index (χ1n) is 7.70. The zero-order valence-corrected chi connectivity index (χ0v) is 12.3. The smallest absolute Gasteiger partial charge is 0.122 e. The normalized spacial score (nSPS) is 23.9. The quantitative estimate of drug-likeness (QED) is 0.814. The maximum atomic E-state index is 5.49. The third-order valence-electron chi connectivity index (χ3n) is 4.30. The van der Waals surface area contributed by atoms with E-state index in [1.54, 1.807) is 7.11 Å². The van der Waals surface area contributed by atoms with Gasteiger partial charge in [-0.15, -0.1) is 0 Å². The Balaban J connectivity index is 2.09. The number of nitrogens with one attached hydrogen (secondary N) is 1. The van der Waals surface area contributed by atoms with Gasteiger partial charge in [0.2, 0.25) is 0 Å². The molecule has 0 aromatic heterocycles. The highest BCUT2D eigenvalue weighted by atomic mass is 16.5. The van der Waals surface area contributed by atoms with Gasteiger partial charge in [0, 0.05) is 6.04 Å². The Morgan fingerprint density at radius 2 is 1.95 bits per heavy atom. The number of rotatable bonds is 5. The molecule has 2 atom stereocenters. The summed E-state index contributed by atoms with van der Waals surface area (Å²) in [5.41, 5.74) is 1.36. The van der Waals surface area contributed by atoms with Gasteiger partial charge < -0.3 is 10.1 Å². The molecule has 0 saturated heterocycles. The Morgan fingerprint density at radius 1 is 1.16 bits per heavy atom. The van der Waals surface area contributed by atoms with Crippen LogP contribution in [0.4, 0.5) is 0 Å². The first kappa shape index (κ1) is 14.4. The molecule has 1 saturated carbocycles. The Hall–Kier alpha value is -1.02. The fourth-order valence-electron chi connectivity index (χ4n) is 3.31. The van der Waals surface area contributed by atoms with E-state index in [1.165, 1.54) is 37.7 Å². The minimum Gasteiger partial charge on any atom is -0.496 e. The summed E-state index contributed by atoms with van der Waals surface area (Å²) in [6.07, 6.45) is 7.96. The second kappa shape index (κ2) is 7.54. The van der Waals surface area contributed by atoms with Crippen molar-refractivity contribution in [2.45, 2.75) is 51.5 Å². The summed E-state index contributed by atoms with van der Waals surface area (Å²) in [6, 6.07) is 9.15. The Bertz CT molecular complexity index is 377. The molecular formula is C17H27NO. The molecule has 0 heterocycles. The Labute approximate surface area is 117 Å². The van der Waals surface area contributed by atoms with E-state index in [-0.39, 0.29) is 0 Å². The second-order valence-corrected chi connectivity index (χ2v) is 5.58. The zero-order chi connectivity index (χ0) is 13.5. The molecule has 0 aliphatic heterocycles. The number of hydrogen-bond donors (Lipinski definition) is 1. The van der Waals surface area contributed by atoms with Crippen molar-refractivity contribution in [3.05, 3.63) is 29.8 Å². The van der Waals surface area contributed by atoms with Gasteiger partial charge in [-0.3, -0.25) is 0 Å². The molecular weight excluding hydrogens is 234 g/mol. The van der Waals surface area contributed by atoms with E-state index in [2.05, 4.69) is 36.5 Å². The van der Waals surface area contributed by atoms with Crippen LogP contribution < -0.4 is 10.1 Å². The molecule has 0 spiro atoms. The topological polar surface area (TPSA) is 21.3 Å². The third-order valence-corrected chi connectivity index (χ3v) is 4.30. The summed E-state index contributed by atoms with van der Waals surface area (Å²) >= 11 is 0. The zero-order valence-electron chi connectivity index (χ0n) is 12.3. The molecule has 2 unspecified atom stereocenters. The summed E-state index contributed by atoms with van der Waals surface area (Å²) in [4.78, 5) is 0. The fraction of sp³-hybridized carbons (Fsp3) is 0.647. The van der Waals surface area contributed by atoms with E-state index in [4.69, 9.17) is 4.74 Å². The highest BCUT2D eigenvalue weighted by Crippen LogP contribution is 2.29. The second-order valence-electron chi connectivity index (χ2n) is 5.58. The summed E-state index contributed by atoms with van der Waals surface area (Å²) in [7, 11) is 1.77. The fourth-order valence-corrected chi connectivity index (χ4v) is 3.31. The minimum atomic E-state index is 0.678. The highest BCUT2D eigenvalue weighted by molar-refractivity contribution is 5.33. The molecule has 2 nitrogen and oxygen atoms in total. The van der Waals surface area contributed by atoms with Crippen LogP contribution in [0.25, 0.3) is 0 Å². The van der Waals surface area contributed by atoms with Gasteiger partial charge in [0.25, 0.3) is 0 Å². The first-order valence-corrected chi connectivity index (χ1v) is 7.70. The monoisotopic (exact) mass is 261 g/mol. The third kappa shape index (κ3) is 3.97.